The molecule has 0 atom stereocenters. The largest absolute Gasteiger partial charge is 0.497 e. The van der Waals surface area contributed by atoms with Gasteiger partial charge in [-0.2, -0.15) is 0 Å². The maximum atomic E-state index is 12.2. The third-order valence-electron chi connectivity index (χ3n) is 4.35. The molecule has 3 N–H and O–H groups in total. The van der Waals surface area contributed by atoms with Crippen molar-refractivity contribution < 1.29 is 14.3 Å². The predicted octanol–water partition coefficient (Wildman–Crippen LogP) is 3.36. The van der Waals surface area contributed by atoms with Gasteiger partial charge in [0.25, 0.3) is 0 Å². The van der Waals surface area contributed by atoms with E-state index in [1.807, 2.05) is 37.3 Å². The SMILES string of the molecule is CN=C(NCCC(=O)Nc1cccc(Cl)c1C)NCc1ccc(OC)cc1OC. The molecule has 0 saturated carbocycles. The number of nitrogens with one attached hydrogen (secondary N) is 3. The van der Waals surface area contributed by atoms with E-state index in [0.717, 1.165) is 28.3 Å². The summed E-state index contributed by atoms with van der Waals surface area (Å²) < 4.78 is 10.6. The van der Waals surface area contributed by atoms with Crippen LogP contribution in [0.15, 0.2) is 41.4 Å². The summed E-state index contributed by atoms with van der Waals surface area (Å²) in [4.78, 5) is 16.4. The highest BCUT2D eigenvalue weighted by molar-refractivity contribution is 6.31. The van der Waals surface area contributed by atoms with Gasteiger partial charge in [0.15, 0.2) is 5.96 Å². The maximum Gasteiger partial charge on any atom is 0.226 e. The van der Waals surface area contributed by atoms with Crippen LogP contribution in [0.1, 0.15) is 17.5 Å². The predicted molar refractivity (Wildman–Crippen MR) is 117 cm³/mol. The molecule has 2 aromatic rings. The normalized spacial score (nSPS) is 11.0. The molecule has 29 heavy (non-hydrogen) atoms. The molecule has 0 saturated heterocycles. The van der Waals surface area contributed by atoms with Gasteiger partial charge in [0.1, 0.15) is 11.5 Å². The molecular formula is C21H27ClN4O3. The van der Waals surface area contributed by atoms with Crippen LogP contribution < -0.4 is 25.4 Å². The molecule has 7 nitrogen and oxygen atoms in total. The van der Waals surface area contributed by atoms with Gasteiger partial charge in [-0.15, -0.1) is 0 Å². The number of nitrogens with zero attached hydrogens (tertiary/aromatic N) is 1. The van der Waals surface area contributed by atoms with Crippen molar-refractivity contribution in [3.63, 3.8) is 0 Å². The molecule has 0 spiro atoms. The number of aliphatic imine (C=N–C) groups is 1. The first-order chi connectivity index (χ1) is 14.0. The van der Waals surface area contributed by atoms with Crippen LogP contribution in [0.3, 0.4) is 0 Å². The van der Waals surface area contributed by atoms with E-state index in [9.17, 15) is 4.79 Å². The van der Waals surface area contributed by atoms with Crippen molar-refractivity contribution in [2.45, 2.75) is 19.9 Å². The molecule has 0 fully saturated rings. The summed E-state index contributed by atoms with van der Waals surface area (Å²) >= 11 is 6.08. The van der Waals surface area contributed by atoms with Gasteiger partial charge in [0.2, 0.25) is 5.91 Å². The summed E-state index contributed by atoms with van der Waals surface area (Å²) in [5.74, 6) is 1.95. The molecule has 156 valence electrons. The van der Waals surface area contributed by atoms with Crippen molar-refractivity contribution in [2.24, 2.45) is 4.99 Å². The minimum atomic E-state index is -0.102. The minimum absolute atomic E-state index is 0.102. The molecule has 0 aromatic heterocycles. The third kappa shape index (κ3) is 6.57. The molecule has 0 aliphatic heterocycles. The fraction of sp³-hybridized carbons (Fsp3) is 0.333. The molecule has 0 unspecified atom stereocenters. The van der Waals surface area contributed by atoms with Gasteiger partial charge < -0.3 is 25.4 Å². The highest BCUT2D eigenvalue weighted by atomic mass is 35.5. The van der Waals surface area contributed by atoms with Crippen molar-refractivity contribution in [2.75, 3.05) is 33.1 Å². The van der Waals surface area contributed by atoms with Gasteiger partial charge >= 0.3 is 0 Å². The summed E-state index contributed by atoms with van der Waals surface area (Å²) in [7, 11) is 4.91. The standard InChI is InChI=1S/C21H27ClN4O3/c1-14-17(22)6-5-7-18(14)26-20(27)10-11-24-21(23-2)25-13-15-8-9-16(28-3)12-19(15)29-4/h5-9,12H,10-11,13H2,1-4H3,(H,26,27)(H2,23,24,25). The summed E-state index contributed by atoms with van der Waals surface area (Å²) in [6.45, 7) is 2.82. The lowest BCUT2D eigenvalue weighted by molar-refractivity contribution is -0.116. The van der Waals surface area contributed by atoms with E-state index in [4.69, 9.17) is 21.1 Å². The number of benzene rings is 2. The highest BCUT2D eigenvalue weighted by Crippen LogP contribution is 2.24. The van der Waals surface area contributed by atoms with E-state index in [2.05, 4.69) is 20.9 Å². The van der Waals surface area contributed by atoms with E-state index in [1.165, 1.54) is 0 Å². The Morgan fingerprint density at radius 2 is 1.93 bits per heavy atom. The zero-order valence-corrected chi connectivity index (χ0v) is 17.9. The second-order valence-corrected chi connectivity index (χ2v) is 6.65. The number of rotatable bonds is 8. The zero-order valence-electron chi connectivity index (χ0n) is 17.1. The molecule has 0 heterocycles. The maximum absolute atomic E-state index is 12.2. The zero-order chi connectivity index (χ0) is 21.2. The first-order valence-electron chi connectivity index (χ1n) is 9.18. The van der Waals surface area contributed by atoms with E-state index in [0.29, 0.717) is 30.5 Å². The molecule has 0 radical (unpaired) electrons. The first kappa shape index (κ1) is 22.4. The van der Waals surface area contributed by atoms with Crippen LogP contribution in [-0.2, 0) is 11.3 Å². The van der Waals surface area contributed by atoms with Crippen molar-refractivity contribution in [1.82, 2.24) is 10.6 Å². The van der Waals surface area contributed by atoms with Crippen molar-refractivity contribution in [3.8, 4) is 11.5 Å². The van der Waals surface area contributed by atoms with Crippen LogP contribution in [0.25, 0.3) is 0 Å². The topological polar surface area (TPSA) is 84.0 Å². The van der Waals surface area contributed by atoms with Crippen molar-refractivity contribution in [1.29, 1.82) is 0 Å². The number of guanidine groups is 1. The van der Waals surface area contributed by atoms with Gasteiger partial charge in [0, 0.05) is 48.9 Å². The Morgan fingerprint density at radius 3 is 2.62 bits per heavy atom. The highest BCUT2D eigenvalue weighted by Gasteiger charge is 2.09. The van der Waals surface area contributed by atoms with Crippen LogP contribution >= 0.6 is 11.6 Å². The molecule has 0 aliphatic rings. The minimum Gasteiger partial charge on any atom is -0.497 e. The van der Waals surface area contributed by atoms with Crippen LogP contribution in [0, 0.1) is 6.92 Å². The summed E-state index contributed by atoms with van der Waals surface area (Å²) in [5.41, 5.74) is 2.53. The Bertz CT molecular complexity index is 871. The average Bonchev–Trinajstić information content (AvgIpc) is 2.73. The molecule has 2 aromatic carbocycles. The van der Waals surface area contributed by atoms with Gasteiger partial charge in [0.05, 0.1) is 14.2 Å². The molecule has 0 aliphatic carbocycles. The number of ether oxygens (including phenoxy) is 2. The molecule has 1 amide bonds. The number of anilines is 1. The monoisotopic (exact) mass is 418 g/mol. The number of carbonyl (C=O) groups is 1. The fourth-order valence-electron chi connectivity index (χ4n) is 2.65. The Hall–Kier alpha value is -2.93. The van der Waals surface area contributed by atoms with Crippen molar-refractivity contribution >= 4 is 29.2 Å². The van der Waals surface area contributed by atoms with Crippen LogP contribution in [0.2, 0.25) is 5.02 Å². The third-order valence-corrected chi connectivity index (χ3v) is 4.76. The number of amides is 1. The molecular weight excluding hydrogens is 392 g/mol. The van der Waals surface area contributed by atoms with E-state index in [1.54, 1.807) is 27.3 Å². The lowest BCUT2D eigenvalue weighted by atomic mass is 10.2. The fourth-order valence-corrected chi connectivity index (χ4v) is 2.82. The Kier molecular flexibility index (Phi) is 8.61. The number of halogens is 1. The Labute approximate surface area is 176 Å². The molecule has 0 bridgehead atoms. The van der Waals surface area contributed by atoms with E-state index >= 15 is 0 Å². The van der Waals surface area contributed by atoms with E-state index < -0.39 is 0 Å². The number of methoxy groups -OCH3 is 2. The summed E-state index contributed by atoms with van der Waals surface area (Å²) in [5, 5.41) is 9.83. The van der Waals surface area contributed by atoms with Crippen LogP contribution in [-0.4, -0.2) is 39.7 Å². The summed E-state index contributed by atoms with van der Waals surface area (Å²) in [6, 6.07) is 11.1. The van der Waals surface area contributed by atoms with Crippen molar-refractivity contribution in [3.05, 3.63) is 52.5 Å². The lowest BCUT2D eigenvalue weighted by Gasteiger charge is -2.14. The van der Waals surface area contributed by atoms with Gasteiger partial charge in [-0.1, -0.05) is 17.7 Å². The first-order valence-corrected chi connectivity index (χ1v) is 9.56. The van der Waals surface area contributed by atoms with E-state index in [-0.39, 0.29) is 5.91 Å². The van der Waals surface area contributed by atoms with Gasteiger partial charge in [-0.05, 0) is 36.8 Å². The van der Waals surface area contributed by atoms with Crippen LogP contribution in [0.5, 0.6) is 11.5 Å². The smallest absolute Gasteiger partial charge is 0.226 e. The summed E-state index contributed by atoms with van der Waals surface area (Å²) in [6.07, 6.45) is 0.290. The van der Waals surface area contributed by atoms with Gasteiger partial charge in [-0.25, -0.2) is 0 Å². The number of hydrogen-bond donors (Lipinski definition) is 3. The second kappa shape index (κ2) is 11.2. The number of hydrogen-bond acceptors (Lipinski definition) is 4. The molecule has 2 rings (SSSR count). The number of carbonyl (C=O) groups excluding carboxylic acids is 1. The van der Waals surface area contributed by atoms with Crippen LogP contribution in [0.4, 0.5) is 5.69 Å². The lowest BCUT2D eigenvalue weighted by Crippen LogP contribution is -2.38. The Morgan fingerprint density at radius 1 is 1.14 bits per heavy atom. The Balaban J connectivity index is 1.82. The quantitative estimate of drug-likeness (QED) is 0.452. The van der Waals surface area contributed by atoms with Gasteiger partial charge in [-0.3, -0.25) is 9.79 Å². The second-order valence-electron chi connectivity index (χ2n) is 6.24. The molecule has 8 heteroatoms. The average molecular weight is 419 g/mol.